The molecule has 4 rings (SSSR count). The molecule has 0 radical (unpaired) electrons. The number of halogens is 2. The fourth-order valence-electron chi connectivity index (χ4n) is 3.09. The van der Waals surface area contributed by atoms with Gasteiger partial charge in [-0.25, -0.2) is 14.2 Å². The molecule has 2 N–H and O–H groups in total. The van der Waals surface area contributed by atoms with Crippen LogP contribution >= 0.6 is 23.8 Å². The van der Waals surface area contributed by atoms with E-state index in [0.717, 1.165) is 11.1 Å². The molecule has 0 aliphatic carbocycles. The normalized spacial score (nSPS) is 10.7. The van der Waals surface area contributed by atoms with Crippen LogP contribution in [0.4, 0.5) is 4.39 Å². The third-order valence-electron chi connectivity index (χ3n) is 4.67. The van der Waals surface area contributed by atoms with Crippen LogP contribution in [0.15, 0.2) is 60.9 Å². The molecule has 0 atom stereocenters. The Hall–Kier alpha value is -3.43. The molecule has 0 spiro atoms. The Morgan fingerprint density at radius 1 is 1.19 bits per heavy atom. The summed E-state index contributed by atoms with van der Waals surface area (Å²) < 4.78 is 27.2. The lowest BCUT2D eigenvalue weighted by molar-refractivity contribution is 0.280. The molecular weight excluding hydrogens is 453 g/mol. The summed E-state index contributed by atoms with van der Waals surface area (Å²) in [4.78, 5) is 4.02. The predicted molar refractivity (Wildman–Crippen MR) is 122 cm³/mol. The van der Waals surface area contributed by atoms with Crippen LogP contribution in [0, 0.1) is 10.6 Å². The fraction of sp³-hybridized carbons (Fsp3) is 0.136. The van der Waals surface area contributed by atoms with E-state index in [4.69, 9.17) is 33.3 Å². The number of ether oxygens (including phenoxy) is 2. The van der Waals surface area contributed by atoms with Gasteiger partial charge in [0.2, 0.25) is 4.77 Å². The van der Waals surface area contributed by atoms with Crippen molar-refractivity contribution in [2.45, 2.75) is 13.2 Å². The van der Waals surface area contributed by atoms with Crippen LogP contribution in [0.25, 0.3) is 11.4 Å². The van der Waals surface area contributed by atoms with Crippen molar-refractivity contribution < 1.29 is 13.9 Å². The van der Waals surface area contributed by atoms with E-state index in [9.17, 15) is 4.39 Å². The first-order valence-electron chi connectivity index (χ1n) is 9.61. The summed E-state index contributed by atoms with van der Waals surface area (Å²) >= 11 is 11.8. The van der Waals surface area contributed by atoms with E-state index >= 15 is 0 Å². The Morgan fingerprint density at radius 3 is 2.72 bits per heavy atom. The zero-order chi connectivity index (χ0) is 22.5. The number of aromatic amines is 1. The molecule has 0 amide bonds. The van der Waals surface area contributed by atoms with E-state index in [-0.39, 0.29) is 12.4 Å². The van der Waals surface area contributed by atoms with Crippen molar-refractivity contribution in [1.82, 2.24) is 19.9 Å². The molecule has 0 aliphatic heterocycles. The minimum atomic E-state index is -0.342. The lowest BCUT2D eigenvalue weighted by atomic mass is 10.2. The Morgan fingerprint density at radius 2 is 1.97 bits per heavy atom. The number of aromatic nitrogens is 4. The van der Waals surface area contributed by atoms with Crippen molar-refractivity contribution >= 4 is 23.8 Å². The molecule has 164 valence electrons. The number of pyridine rings is 1. The van der Waals surface area contributed by atoms with Gasteiger partial charge in [-0.05, 0) is 48.1 Å². The molecule has 7 nitrogen and oxygen atoms in total. The van der Waals surface area contributed by atoms with Gasteiger partial charge in [0, 0.05) is 23.5 Å². The molecule has 2 aromatic heterocycles. The summed E-state index contributed by atoms with van der Waals surface area (Å²) in [5.41, 5.74) is 5.34. The second-order valence-electron chi connectivity index (χ2n) is 6.75. The maximum Gasteiger partial charge on any atom is 0.214 e. The second-order valence-corrected chi connectivity index (χ2v) is 7.54. The molecule has 0 saturated heterocycles. The number of hydrogen-bond acceptors (Lipinski definition) is 6. The van der Waals surface area contributed by atoms with E-state index in [1.165, 1.54) is 13.2 Å². The highest BCUT2D eigenvalue weighted by Gasteiger charge is 2.14. The molecule has 0 unspecified atom stereocenters. The molecule has 2 heterocycles. The zero-order valence-corrected chi connectivity index (χ0v) is 18.6. The summed E-state index contributed by atoms with van der Waals surface area (Å²) in [6, 6.07) is 13.6. The van der Waals surface area contributed by atoms with Gasteiger partial charge >= 0.3 is 0 Å². The molecule has 10 heteroatoms. The van der Waals surface area contributed by atoms with Gasteiger partial charge in [-0.1, -0.05) is 29.8 Å². The number of benzene rings is 2. The zero-order valence-electron chi connectivity index (χ0n) is 17.0. The number of rotatable bonds is 8. The lowest BCUT2D eigenvalue weighted by Crippen LogP contribution is -2.16. The van der Waals surface area contributed by atoms with Crippen LogP contribution in [-0.4, -0.2) is 27.0 Å². The highest BCUT2D eigenvalue weighted by molar-refractivity contribution is 7.71. The van der Waals surface area contributed by atoms with E-state index < -0.39 is 0 Å². The van der Waals surface area contributed by atoms with E-state index in [0.29, 0.717) is 39.2 Å². The van der Waals surface area contributed by atoms with Crippen LogP contribution in [0.3, 0.4) is 0 Å². The summed E-state index contributed by atoms with van der Waals surface area (Å²) in [6.45, 7) is 0.412. The maximum atomic E-state index is 13.9. The monoisotopic (exact) mass is 471 g/mol. The van der Waals surface area contributed by atoms with Gasteiger partial charge in [0.05, 0.1) is 18.7 Å². The Labute approximate surface area is 193 Å². The third-order valence-corrected chi connectivity index (χ3v) is 5.23. The topological polar surface area (TPSA) is 77.0 Å². The third kappa shape index (κ3) is 4.74. The van der Waals surface area contributed by atoms with Crippen LogP contribution in [0.5, 0.6) is 11.5 Å². The van der Waals surface area contributed by atoms with Crippen molar-refractivity contribution in [3.8, 4) is 22.9 Å². The largest absolute Gasteiger partial charge is 0.493 e. The Balaban J connectivity index is 1.52. The van der Waals surface area contributed by atoms with Gasteiger partial charge < -0.3 is 14.9 Å². The van der Waals surface area contributed by atoms with Crippen molar-refractivity contribution in [1.29, 1.82) is 0 Å². The summed E-state index contributed by atoms with van der Waals surface area (Å²) in [7, 11) is 1.52. The number of H-pyrrole nitrogens is 1. The standard InChI is InChI=1S/C22H19ClFN5O2S/c1-30-19-11-14(10-17(23)20(19)31-13-16-4-2-3-5-18(16)24)12-26-29-21(27-28-22(29)32)15-6-8-25-9-7-15/h2-11,26H,12-13H2,1H3,(H,28,32). The van der Waals surface area contributed by atoms with Crippen molar-refractivity contribution in [2.24, 2.45) is 0 Å². The van der Waals surface area contributed by atoms with Crippen molar-refractivity contribution in [2.75, 3.05) is 12.5 Å². The molecule has 32 heavy (non-hydrogen) atoms. The summed E-state index contributed by atoms with van der Waals surface area (Å²) in [6.07, 6.45) is 3.37. The smallest absolute Gasteiger partial charge is 0.214 e. The molecule has 2 aromatic carbocycles. The van der Waals surface area contributed by atoms with Gasteiger partial charge in [-0.2, -0.15) is 5.10 Å². The minimum Gasteiger partial charge on any atom is -0.493 e. The van der Waals surface area contributed by atoms with Gasteiger partial charge in [0.1, 0.15) is 12.4 Å². The van der Waals surface area contributed by atoms with E-state index in [1.807, 2.05) is 12.1 Å². The van der Waals surface area contributed by atoms with Gasteiger partial charge in [-0.3, -0.25) is 4.98 Å². The first-order valence-corrected chi connectivity index (χ1v) is 10.4. The van der Waals surface area contributed by atoms with Gasteiger partial charge in [0.25, 0.3) is 0 Å². The molecule has 0 aliphatic rings. The number of methoxy groups -OCH3 is 1. The molecule has 0 saturated carbocycles. The maximum absolute atomic E-state index is 13.9. The number of nitrogens with one attached hydrogen (secondary N) is 2. The molecule has 4 aromatic rings. The molecule has 0 bridgehead atoms. The van der Waals surface area contributed by atoms with Crippen molar-refractivity contribution in [3.63, 3.8) is 0 Å². The van der Waals surface area contributed by atoms with Gasteiger partial charge in [0.15, 0.2) is 17.3 Å². The van der Waals surface area contributed by atoms with Crippen LogP contribution in [-0.2, 0) is 13.2 Å². The number of hydrogen-bond donors (Lipinski definition) is 2. The Kier molecular flexibility index (Phi) is 6.67. The van der Waals surface area contributed by atoms with E-state index in [1.54, 1.807) is 47.4 Å². The quantitative estimate of drug-likeness (QED) is 0.347. The first-order chi connectivity index (χ1) is 15.6. The second kappa shape index (κ2) is 9.80. The summed E-state index contributed by atoms with van der Waals surface area (Å²) in [5.74, 6) is 1.07. The molecule has 0 fully saturated rings. The number of nitrogens with zero attached hydrogens (tertiary/aromatic N) is 3. The first kappa shape index (κ1) is 21.8. The minimum absolute atomic E-state index is 0.0276. The average Bonchev–Trinajstić information content (AvgIpc) is 3.18. The van der Waals surface area contributed by atoms with Crippen LogP contribution in [0.2, 0.25) is 5.02 Å². The van der Waals surface area contributed by atoms with Gasteiger partial charge in [-0.15, -0.1) is 0 Å². The van der Waals surface area contributed by atoms with E-state index in [2.05, 4.69) is 20.6 Å². The summed E-state index contributed by atoms with van der Waals surface area (Å²) in [5, 5.41) is 7.41. The predicted octanol–water partition coefficient (Wildman–Crippen LogP) is 5.13. The lowest BCUT2D eigenvalue weighted by Gasteiger charge is -2.16. The SMILES string of the molecule is COc1cc(CNn2c(-c3ccncc3)n[nH]c2=S)cc(Cl)c1OCc1ccccc1F. The highest BCUT2D eigenvalue weighted by atomic mass is 35.5. The van der Waals surface area contributed by atoms with Crippen LogP contribution < -0.4 is 14.9 Å². The highest BCUT2D eigenvalue weighted by Crippen LogP contribution is 2.37. The fourth-order valence-corrected chi connectivity index (χ4v) is 3.57. The molecular formula is C22H19ClFN5O2S. The van der Waals surface area contributed by atoms with Crippen LogP contribution in [0.1, 0.15) is 11.1 Å². The average molecular weight is 472 g/mol. The Bertz CT molecular complexity index is 1280. The van der Waals surface area contributed by atoms with Crippen molar-refractivity contribution in [3.05, 3.63) is 87.7 Å².